The van der Waals surface area contributed by atoms with E-state index in [1.54, 1.807) is 0 Å². The van der Waals surface area contributed by atoms with Gasteiger partial charge in [-0.3, -0.25) is 4.79 Å². The van der Waals surface area contributed by atoms with Crippen molar-refractivity contribution < 1.29 is 54.8 Å². The molecule has 6 heteroatoms. The summed E-state index contributed by atoms with van der Waals surface area (Å²) >= 11 is 0. The SMILES string of the molecule is O=CC(O)=C([O-])CC(O)CO.[Na+]. The van der Waals surface area contributed by atoms with Gasteiger partial charge in [0, 0.05) is 0 Å². The number of allylic oxidation sites excluding steroid dienone is 1. The van der Waals surface area contributed by atoms with Gasteiger partial charge < -0.3 is 20.4 Å². The first-order valence-corrected chi connectivity index (χ1v) is 2.95. The molecule has 0 rings (SSSR count). The van der Waals surface area contributed by atoms with Crippen LogP contribution in [0.3, 0.4) is 0 Å². The van der Waals surface area contributed by atoms with E-state index in [4.69, 9.17) is 15.3 Å². The van der Waals surface area contributed by atoms with Gasteiger partial charge in [0.25, 0.3) is 0 Å². The fourth-order valence-electron chi connectivity index (χ4n) is 0.449. The summed E-state index contributed by atoms with van der Waals surface area (Å²) in [4.78, 5) is 9.76. The average molecular weight is 184 g/mol. The maximum atomic E-state index is 10.6. The summed E-state index contributed by atoms with van der Waals surface area (Å²) in [5, 5.41) is 35.9. The standard InChI is InChI=1S/C6H10O5.Na/c7-2-4(9)1-5(10)6(11)3-8;/h3-4,7,9-11H,1-2H2;/q;+1/p-1. The smallest absolute Gasteiger partial charge is 0.873 e. The van der Waals surface area contributed by atoms with Crippen LogP contribution in [0, 0.1) is 0 Å². The van der Waals surface area contributed by atoms with Crippen molar-refractivity contribution in [3.63, 3.8) is 0 Å². The molecule has 1 atom stereocenters. The second-order valence-corrected chi connectivity index (χ2v) is 1.97. The van der Waals surface area contributed by atoms with Crippen molar-refractivity contribution in [3.05, 3.63) is 11.5 Å². The molecule has 0 amide bonds. The van der Waals surface area contributed by atoms with Crippen LogP contribution >= 0.6 is 0 Å². The predicted molar refractivity (Wildman–Crippen MR) is 33.4 cm³/mol. The molecule has 0 saturated heterocycles. The second kappa shape index (κ2) is 7.57. The van der Waals surface area contributed by atoms with Crippen LogP contribution in [0.5, 0.6) is 0 Å². The summed E-state index contributed by atoms with van der Waals surface area (Å²) in [7, 11) is 0. The van der Waals surface area contributed by atoms with Gasteiger partial charge in [-0.25, -0.2) is 0 Å². The van der Waals surface area contributed by atoms with Gasteiger partial charge in [0.1, 0.15) is 5.76 Å². The number of hydrogen-bond acceptors (Lipinski definition) is 5. The molecule has 0 radical (unpaired) electrons. The number of carbonyl (C=O) groups is 1. The van der Waals surface area contributed by atoms with Gasteiger partial charge in [0.2, 0.25) is 0 Å². The Morgan fingerprint density at radius 3 is 2.42 bits per heavy atom. The van der Waals surface area contributed by atoms with E-state index in [1.165, 1.54) is 0 Å². The average Bonchev–Trinajstić information content (AvgIpc) is 2.02. The molecule has 12 heavy (non-hydrogen) atoms. The maximum absolute atomic E-state index is 10.6. The summed E-state index contributed by atoms with van der Waals surface area (Å²) in [6.45, 7) is -0.572. The third-order valence-electron chi connectivity index (χ3n) is 1.03. The van der Waals surface area contributed by atoms with Gasteiger partial charge >= 0.3 is 29.6 Å². The molecular weight excluding hydrogens is 175 g/mol. The fourth-order valence-corrected chi connectivity index (χ4v) is 0.449. The van der Waals surface area contributed by atoms with Crippen LogP contribution in [0.25, 0.3) is 0 Å². The van der Waals surface area contributed by atoms with Crippen LogP contribution in [0.1, 0.15) is 6.42 Å². The van der Waals surface area contributed by atoms with Gasteiger partial charge in [-0.15, -0.1) is 0 Å². The van der Waals surface area contributed by atoms with Gasteiger partial charge in [0.15, 0.2) is 6.29 Å². The van der Waals surface area contributed by atoms with Crippen LogP contribution in [-0.4, -0.2) is 34.3 Å². The molecule has 0 fully saturated rings. The monoisotopic (exact) mass is 184 g/mol. The quantitative estimate of drug-likeness (QED) is 0.176. The molecular formula is C6H9NaO5. The van der Waals surface area contributed by atoms with Crippen molar-refractivity contribution in [1.29, 1.82) is 0 Å². The minimum Gasteiger partial charge on any atom is -0.873 e. The first-order chi connectivity index (χ1) is 5.11. The molecule has 0 aliphatic carbocycles. The van der Waals surface area contributed by atoms with E-state index in [0.29, 0.717) is 0 Å². The van der Waals surface area contributed by atoms with Crippen LogP contribution in [0.2, 0.25) is 0 Å². The van der Waals surface area contributed by atoms with Crippen LogP contribution < -0.4 is 34.7 Å². The van der Waals surface area contributed by atoms with E-state index in [9.17, 15) is 9.90 Å². The zero-order valence-electron chi connectivity index (χ0n) is 6.73. The van der Waals surface area contributed by atoms with E-state index < -0.39 is 30.6 Å². The Balaban J connectivity index is 0. The zero-order valence-corrected chi connectivity index (χ0v) is 8.73. The topological polar surface area (TPSA) is 101 Å². The molecule has 0 aromatic carbocycles. The van der Waals surface area contributed by atoms with E-state index in [0.717, 1.165) is 0 Å². The molecule has 3 N–H and O–H groups in total. The Morgan fingerprint density at radius 1 is 1.58 bits per heavy atom. The van der Waals surface area contributed by atoms with Crippen LogP contribution in [0.15, 0.2) is 11.5 Å². The maximum Gasteiger partial charge on any atom is 1.00 e. The molecule has 0 bridgehead atoms. The van der Waals surface area contributed by atoms with E-state index >= 15 is 0 Å². The van der Waals surface area contributed by atoms with Crippen molar-refractivity contribution >= 4 is 6.29 Å². The van der Waals surface area contributed by atoms with Crippen molar-refractivity contribution in [2.45, 2.75) is 12.5 Å². The number of rotatable bonds is 4. The molecule has 5 nitrogen and oxygen atoms in total. The minimum absolute atomic E-state index is 0. The van der Waals surface area contributed by atoms with Crippen molar-refractivity contribution in [3.8, 4) is 0 Å². The Kier molecular flexibility index (Phi) is 9.12. The molecule has 0 spiro atoms. The number of carbonyl (C=O) groups excluding carboxylic acids is 1. The largest absolute Gasteiger partial charge is 1.00 e. The van der Waals surface area contributed by atoms with E-state index in [-0.39, 0.29) is 35.8 Å². The number of aldehydes is 1. The van der Waals surface area contributed by atoms with Gasteiger partial charge in [-0.1, -0.05) is 5.76 Å². The third-order valence-corrected chi connectivity index (χ3v) is 1.03. The van der Waals surface area contributed by atoms with Gasteiger partial charge in [-0.2, -0.15) is 0 Å². The molecule has 1 unspecified atom stereocenters. The predicted octanol–water partition coefficient (Wildman–Crippen LogP) is -4.94. The molecule has 0 aliphatic heterocycles. The van der Waals surface area contributed by atoms with E-state index in [2.05, 4.69) is 0 Å². The first kappa shape index (κ1) is 14.5. The van der Waals surface area contributed by atoms with Crippen LogP contribution in [0.4, 0.5) is 0 Å². The summed E-state index contributed by atoms with van der Waals surface area (Å²) in [6, 6.07) is 0. The molecule has 0 aromatic heterocycles. The normalized spacial score (nSPS) is 14.2. The van der Waals surface area contributed by atoms with E-state index in [1.807, 2.05) is 0 Å². The Hall–Kier alpha value is -0.0700. The molecule has 0 aliphatic rings. The minimum atomic E-state index is -1.22. The van der Waals surface area contributed by atoms with Gasteiger partial charge in [-0.05, 0) is 6.42 Å². The summed E-state index contributed by atoms with van der Waals surface area (Å²) < 4.78 is 0. The summed E-state index contributed by atoms with van der Waals surface area (Å²) in [6.07, 6.45) is -1.67. The van der Waals surface area contributed by atoms with Crippen molar-refractivity contribution in [2.75, 3.05) is 6.61 Å². The summed E-state index contributed by atoms with van der Waals surface area (Å²) in [5.41, 5.74) is 0. The molecule has 0 aromatic rings. The van der Waals surface area contributed by atoms with Gasteiger partial charge in [0.05, 0.1) is 12.7 Å². The zero-order chi connectivity index (χ0) is 8.85. The Labute approximate surface area is 91.6 Å². The van der Waals surface area contributed by atoms with Crippen molar-refractivity contribution in [2.24, 2.45) is 0 Å². The number of hydrogen-bond donors (Lipinski definition) is 3. The number of aliphatic hydroxyl groups excluding tert-OH is 3. The van der Waals surface area contributed by atoms with Crippen molar-refractivity contribution in [1.82, 2.24) is 0 Å². The van der Waals surface area contributed by atoms with Crippen LogP contribution in [-0.2, 0) is 4.79 Å². The Bertz CT molecular complexity index is 167. The fraction of sp³-hybridized carbons (Fsp3) is 0.500. The molecule has 0 saturated carbocycles. The number of aliphatic hydroxyl groups is 3. The molecule has 64 valence electrons. The second-order valence-electron chi connectivity index (χ2n) is 1.97. The molecule has 0 heterocycles. The third kappa shape index (κ3) is 5.56. The summed E-state index contributed by atoms with van der Waals surface area (Å²) in [5.74, 6) is -1.81. The first-order valence-electron chi connectivity index (χ1n) is 2.95. The Morgan fingerprint density at radius 2 is 2.08 bits per heavy atom.